The van der Waals surface area contributed by atoms with Crippen LogP contribution in [0.1, 0.15) is 49.5 Å². The molecule has 0 aliphatic carbocycles. The lowest BCUT2D eigenvalue weighted by atomic mass is 10.1. The minimum Gasteiger partial charge on any atom is -0.494 e. The number of furan rings is 1. The first-order chi connectivity index (χ1) is 13.4. The SMILES string of the molecule is N#CCCCOc1cccc(CNCC(c2ccco2)N2CCCCC2)c1. The number of ether oxygens (including phenoxy) is 1. The third kappa shape index (κ3) is 6.13. The van der Waals surface area contributed by atoms with Crippen LogP contribution >= 0.6 is 0 Å². The molecule has 0 bridgehead atoms. The molecule has 1 aliphatic heterocycles. The summed E-state index contributed by atoms with van der Waals surface area (Å²) in [5, 5.41) is 12.2. The maximum atomic E-state index is 8.59. The summed E-state index contributed by atoms with van der Waals surface area (Å²) < 4.78 is 11.4. The highest BCUT2D eigenvalue weighted by Gasteiger charge is 2.23. The Labute approximate surface area is 161 Å². The molecule has 1 N–H and O–H groups in total. The molecule has 1 saturated heterocycles. The summed E-state index contributed by atoms with van der Waals surface area (Å²) in [6.07, 6.45) is 6.92. The molecule has 1 unspecified atom stereocenters. The van der Waals surface area contributed by atoms with Gasteiger partial charge in [-0.2, -0.15) is 5.26 Å². The lowest BCUT2D eigenvalue weighted by Crippen LogP contribution is -2.38. The maximum Gasteiger partial charge on any atom is 0.122 e. The van der Waals surface area contributed by atoms with E-state index in [4.69, 9.17) is 14.4 Å². The molecule has 2 heterocycles. The average Bonchev–Trinajstić information content (AvgIpc) is 3.24. The van der Waals surface area contributed by atoms with Crippen LogP contribution in [0.3, 0.4) is 0 Å². The number of hydrogen-bond acceptors (Lipinski definition) is 5. The van der Waals surface area contributed by atoms with Crippen LogP contribution in [-0.4, -0.2) is 31.1 Å². The Balaban J connectivity index is 1.51. The quantitative estimate of drug-likeness (QED) is 0.635. The number of nitriles is 1. The molecule has 5 nitrogen and oxygen atoms in total. The van der Waals surface area contributed by atoms with Crippen LogP contribution in [0.5, 0.6) is 5.75 Å². The van der Waals surface area contributed by atoms with Crippen LogP contribution in [0.4, 0.5) is 0 Å². The number of piperidine rings is 1. The van der Waals surface area contributed by atoms with Gasteiger partial charge in [0.2, 0.25) is 0 Å². The number of nitrogens with one attached hydrogen (secondary N) is 1. The highest BCUT2D eigenvalue weighted by molar-refractivity contribution is 5.28. The fourth-order valence-corrected chi connectivity index (χ4v) is 3.56. The van der Waals surface area contributed by atoms with Crippen molar-refractivity contribution in [2.75, 3.05) is 26.2 Å². The Hall–Kier alpha value is -2.29. The molecule has 144 valence electrons. The minimum absolute atomic E-state index is 0.283. The van der Waals surface area contributed by atoms with E-state index >= 15 is 0 Å². The molecule has 1 aromatic carbocycles. The van der Waals surface area contributed by atoms with Gasteiger partial charge in [0.15, 0.2) is 0 Å². The number of unbranched alkanes of at least 4 members (excludes halogenated alkanes) is 1. The maximum absolute atomic E-state index is 8.59. The molecule has 0 saturated carbocycles. The predicted molar refractivity (Wildman–Crippen MR) is 105 cm³/mol. The molecule has 0 spiro atoms. The fourth-order valence-electron chi connectivity index (χ4n) is 3.56. The number of hydrogen-bond donors (Lipinski definition) is 1. The molecule has 0 amide bonds. The van der Waals surface area contributed by atoms with Gasteiger partial charge in [-0.25, -0.2) is 0 Å². The van der Waals surface area contributed by atoms with Crippen molar-refractivity contribution in [1.82, 2.24) is 10.2 Å². The first-order valence-electron chi connectivity index (χ1n) is 9.93. The Bertz CT molecular complexity index is 703. The molecule has 3 rings (SSSR count). The number of nitrogens with zero attached hydrogens (tertiary/aromatic N) is 2. The van der Waals surface area contributed by atoms with Crippen molar-refractivity contribution in [3.8, 4) is 11.8 Å². The summed E-state index contributed by atoms with van der Waals surface area (Å²) in [5.74, 6) is 1.91. The zero-order chi connectivity index (χ0) is 18.7. The van der Waals surface area contributed by atoms with Crippen molar-refractivity contribution in [2.45, 2.75) is 44.7 Å². The van der Waals surface area contributed by atoms with E-state index in [1.165, 1.54) is 24.8 Å². The van der Waals surface area contributed by atoms with Gasteiger partial charge in [0.05, 0.1) is 25.0 Å². The largest absolute Gasteiger partial charge is 0.494 e. The number of benzene rings is 1. The Morgan fingerprint density at radius 2 is 2.07 bits per heavy atom. The zero-order valence-corrected chi connectivity index (χ0v) is 15.9. The van der Waals surface area contributed by atoms with Crippen molar-refractivity contribution in [2.24, 2.45) is 0 Å². The van der Waals surface area contributed by atoms with Gasteiger partial charge in [-0.1, -0.05) is 18.6 Å². The average molecular weight is 367 g/mol. The first-order valence-corrected chi connectivity index (χ1v) is 9.93. The molecule has 1 atom stereocenters. The molecule has 2 aromatic rings. The van der Waals surface area contributed by atoms with E-state index in [0.717, 1.165) is 44.1 Å². The molecule has 1 aromatic heterocycles. The van der Waals surface area contributed by atoms with Crippen molar-refractivity contribution in [1.29, 1.82) is 5.26 Å². The Kier molecular flexibility index (Phi) is 7.76. The smallest absolute Gasteiger partial charge is 0.122 e. The molecular weight excluding hydrogens is 338 g/mol. The van der Waals surface area contributed by atoms with E-state index in [1.807, 2.05) is 18.2 Å². The van der Waals surface area contributed by atoms with Crippen molar-refractivity contribution in [3.05, 3.63) is 54.0 Å². The van der Waals surface area contributed by atoms with E-state index in [9.17, 15) is 0 Å². The summed E-state index contributed by atoms with van der Waals surface area (Å²) >= 11 is 0. The first kappa shape index (κ1) is 19.5. The zero-order valence-electron chi connectivity index (χ0n) is 15.9. The molecule has 27 heavy (non-hydrogen) atoms. The van der Waals surface area contributed by atoms with Crippen molar-refractivity contribution < 1.29 is 9.15 Å². The molecule has 5 heteroatoms. The van der Waals surface area contributed by atoms with Gasteiger partial charge in [-0.3, -0.25) is 4.90 Å². The summed E-state index contributed by atoms with van der Waals surface area (Å²) in [6.45, 7) is 4.51. The highest BCUT2D eigenvalue weighted by Crippen LogP contribution is 2.24. The van der Waals surface area contributed by atoms with Crippen LogP contribution in [0, 0.1) is 11.3 Å². The van der Waals surface area contributed by atoms with Crippen LogP contribution in [0.2, 0.25) is 0 Å². The fraction of sp³-hybridized carbons (Fsp3) is 0.500. The second-order valence-electron chi connectivity index (χ2n) is 7.02. The van der Waals surface area contributed by atoms with Gasteiger partial charge in [-0.05, 0) is 62.2 Å². The van der Waals surface area contributed by atoms with E-state index in [1.54, 1.807) is 6.26 Å². The van der Waals surface area contributed by atoms with Gasteiger partial charge in [0, 0.05) is 19.5 Å². The standard InChI is InChI=1S/C22H29N3O2/c23-11-2-5-14-26-20-9-6-8-19(16-20)17-24-18-21(22-10-7-15-27-22)25-12-3-1-4-13-25/h6-10,15-16,21,24H,1-5,12-14,17-18H2. The van der Waals surface area contributed by atoms with E-state index in [2.05, 4.69) is 34.5 Å². The Morgan fingerprint density at radius 3 is 2.85 bits per heavy atom. The summed E-state index contributed by atoms with van der Waals surface area (Å²) in [6, 6.07) is 14.6. The second-order valence-corrected chi connectivity index (χ2v) is 7.02. The second kappa shape index (κ2) is 10.8. The summed E-state index contributed by atoms with van der Waals surface area (Å²) in [7, 11) is 0. The lowest BCUT2D eigenvalue weighted by molar-refractivity contribution is 0.142. The van der Waals surface area contributed by atoms with Gasteiger partial charge in [-0.15, -0.1) is 0 Å². The van der Waals surface area contributed by atoms with Gasteiger partial charge in [0.1, 0.15) is 11.5 Å². The van der Waals surface area contributed by atoms with Crippen LogP contribution in [0.25, 0.3) is 0 Å². The normalized spacial score (nSPS) is 16.0. The van der Waals surface area contributed by atoms with Crippen molar-refractivity contribution in [3.63, 3.8) is 0 Å². The third-order valence-electron chi connectivity index (χ3n) is 4.97. The van der Waals surface area contributed by atoms with E-state index < -0.39 is 0 Å². The monoisotopic (exact) mass is 367 g/mol. The van der Waals surface area contributed by atoms with Gasteiger partial charge in [0.25, 0.3) is 0 Å². The van der Waals surface area contributed by atoms with Crippen molar-refractivity contribution >= 4 is 0 Å². The minimum atomic E-state index is 0.283. The molecule has 1 aliphatic rings. The highest BCUT2D eigenvalue weighted by atomic mass is 16.5. The Morgan fingerprint density at radius 1 is 1.19 bits per heavy atom. The lowest BCUT2D eigenvalue weighted by Gasteiger charge is -2.33. The predicted octanol–water partition coefficient (Wildman–Crippen LogP) is 4.28. The van der Waals surface area contributed by atoms with Crippen LogP contribution < -0.4 is 10.1 Å². The third-order valence-corrected chi connectivity index (χ3v) is 4.97. The summed E-state index contributed by atoms with van der Waals surface area (Å²) in [4.78, 5) is 2.53. The van der Waals surface area contributed by atoms with Gasteiger partial charge >= 0.3 is 0 Å². The van der Waals surface area contributed by atoms with E-state index in [-0.39, 0.29) is 6.04 Å². The molecule has 1 fully saturated rings. The van der Waals surface area contributed by atoms with Crippen LogP contribution in [0.15, 0.2) is 47.1 Å². The van der Waals surface area contributed by atoms with Crippen LogP contribution in [-0.2, 0) is 6.54 Å². The topological polar surface area (TPSA) is 61.4 Å². The van der Waals surface area contributed by atoms with Gasteiger partial charge < -0.3 is 14.5 Å². The number of likely N-dealkylation sites (tertiary alicyclic amines) is 1. The molecule has 0 radical (unpaired) electrons. The number of rotatable bonds is 10. The summed E-state index contributed by atoms with van der Waals surface area (Å²) in [5.41, 5.74) is 1.20. The molecular formula is C22H29N3O2. The van der Waals surface area contributed by atoms with E-state index in [0.29, 0.717) is 13.0 Å².